The highest BCUT2D eigenvalue weighted by molar-refractivity contribution is 7.99. The SMILES string of the molecule is CCCOc1ccc(NC(=O)c2ccc(Sc3nncn3C)c([N+](=O)[O-])c2)cc1OCCC. The van der Waals surface area contributed by atoms with Crippen molar-refractivity contribution in [2.24, 2.45) is 7.05 Å². The molecule has 0 atom stereocenters. The third-order valence-electron chi connectivity index (χ3n) is 4.41. The highest BCUT2D eigenvalue weighted by Gasteiger charge is 2.20. The lowest BCUT2D eigenvalue weighted by atomic mass is 10.2. The van der Waals surface area contributed by atoms with Gasteiger partial charge in [-0.3, -0.25) is 14.9 Å². The van der Waals surface area contributed by atoms with Crippen molar-refractivity contribution in [1.82, 2.24) is 14.8 Å². The van der Waals surface area contributed by atoms with Crippen LogP contribution in [0.2, 0.25) is 0 Å². The molecule has 0 unspecified atom stereocenters. The number of nitrogens with one attached hydrogen (secondary N) is 1. The predicted octanol–water partition coefficient (Wildman–Crippen LogP) is 4.70. The fourth-order valence-electron chi connectivity index (χ4n) is 2.80. The van der Waals surface area contributed by atoms with E-state index in [0.29, 0.717) is 40.5 Å². The van der Waals surface area contributed by atoms with E-state index in [2.05, 4.69) is 15.5 Å². The summed E-state index contributed by atoms with van der Waals surface area (Å²) in [5.74, 6) is 0.658. The molecule has 1 amide bonds. The summed E-state index contributed by atoms with van der Waals surface area (Å²) in [5.41, 5.74) is 0.465. The fourth-order valence-corrected chi connectivity index (χ4v) is 3.65. The number of aromatic nitrogens is 3. The summed E-state index contributed by atoms with van der Waals surface area (Å²) in [4.78, 5) is 24.3. The molecule has 2 aromatic carbocycles. The topological polar surface area (TPSA) is 121 Å². The summed E-state index contributed by atoms with van der Waals surface area (Å²) in [6.07, 6.45) is 3.19. The number of anilines is 1. The molecular weight excluding hydrogens is 446 g/mol. The van der Waals surface area contributed by atoms with Crippen LogP contribution < -0.4 is 14.8 Å². The van der Waals surface area contributed by atoms with Gasteiger partial charge in [0, 0.05) is 30.4 Å². The summed E-state index contributed by atoms with van der Waals surface area (Å²) in [6, 6.07) is 9.44. The van der Waals surface area contributed by atoms with Crippen LogP contribution in [0.15, 0.2) is 52.8 Å². The molecule has 0 spiro atoms. The van der Waals surface area contributed by atoms with Gasteiger partial charge >= 0.3 is 0 Å². The van der Waals surface area contributed by atoms with Crippen molar-refractivity contribution < 1.29 is 19.2 Å². The van der Waals surface area contributed by atoms with Gasteiger partial charge in [-0.15, -0.1) is 10.2 Å². The molecule has 0 aliphatic heterocycles. The molecule has 1 aromatic heterocycles. The molecule has 1 heterocycles. The van der Waals surface area contributed by atoms with Gasteiger partial charge in [0.1, 0.15) is 6.33 Å². The van der Waals surface area contributed by atoms with Gasteiger partial charge in [-0.05, 0) is 48.9 Å². The van der Waals surface area contributed by atoms with E-state index >= 15 is 0 Å². The number of hydrogen-bond donors (Lipinski definition) is 1. The molecule has 174 valence electrons. The van der Waals surface area contributed by atoms with Crippen LogP contribution in [-0.2, 0) is 7.05 Å². The van der Waals surface area contributed by atoms with Crippen LogP contribution in [0.1, 0.15) is 37.0 Å². The van der Waals surface area contributed by atoms with Crippen molar-refractivity contribution in [3.8, 4) is 11.5 Å². The molecule has 0 fully saturated rings. The average molecular weight is 472 g/mol. The van der Waals surface area contributed by atoms with E-state index in [-0.39, 0.29) is 11.3 Å². The van der Waals surface area contributed by atoms with Crippen molar-refractivity contribution in [2.45, 2.75) is 36.7 Å². The zero-order valence-corrected chi connectivity index (χ0v) is 19.4. The monoisotopic (exact) mass is 471 g/mol. The number of ether oxygens (including phenoxy) is 2. The van der Waals surface area contributed by atoms with Gasteiger partial charge in [-0.2, -0.15) is 0 Å². The Bertz CT molecular complexity index is 1130. The third kappa shape index (κ3) is 6.22. The van der Waals surface area contributed by atoms with Gasteiger partial charge < -0.3 is 19.4 Å². The highest BCUT2D eigenvalue weighted by atomic mass is 32.2. The second-order valence-electron chi connectivity index (χ2n) is 7.08. The molecule has 33 heavy (non-hydrogen) atoms. The smallest absolute Gasteiger partial charge is 0.284 e. The zero-order valence-electron chi connectivity index (χ0n) is 18.6. The minimum Gasteiger partial charge on any atom is -0.490 e. The van der Waals surface area contributed by atoms with Crippen molar-refractivity contribution in [3.05, 3.63) is 58.4 Å². The van der Waals surface area contributed by atoms with Crippen LogP contribution in [-0.4, -0.2) is 38.8 Å². The molecule has 0 bridgehead atoms. The Morgan fingerprint density at radius 2 is 1.85 bits per heavy atom. The Hall–Kier alpha value is -3.60. The minimum absolute atomic E-state index is 0.159. The molecular formula is C22H25N5O5S. The van der Waals surface area contributed by atoms with Crippen LogP contribution in [0.3, 0.4) is 0 Å². The molecule has 11 heteroatoms. The second-order valence-corrected chi connectivity index (χ2v) is 8.09. The zero-order chi connectivity index (χ0) is 23.8. The Balaban J connectivity index is 1.81. The van der Waals surface area contributed by atoms with Gasteiger partial charge in [-0.25, -0.2) is 0 Å². The normalized spacial score (nSPS) is 10.6. The van der Waals surface area contributed by atoms with Gasteiger partial charge in [0.15, 0.2) is 16.7 Å². The highest BCUT2D eigenvalue weighted by Crippen LogP contribution is 2.35. The van der Waals surface area contributed by atoms with E-state index in [1.807, 2.05) is 13.8 Å². The van der Waals surface area contributed by atoms with Gasteiger partial charge in [0.2, 0.25) is 0 Å². The van der Waals surface area contributed by atoms with E-state index in [4.69, 9.17) is 9.47 Å². The number of rotatable bonds is 11. The number of carbonyl (C=O) groups is 1. The third-order valence-corrected chi connectivity index (χ3v) is 5.53. The number of nitro groups is 1. The number of nitrogens with zero attached hydrogens (tertiary/aromatic N) is 4. The lowest BCUT2D eigenvalue weighted by molar-refractivity contribution is -0.387. The first kappa shape index (κ1) is 24.1. The largest absolute Gasteiger partial charge is 0.490 e. The lowest BCUT2D eigenvalue weighted by Crippen LogP contribution is -2.12. The maximum atomic E-state index is 12.8. The van der Waals surface area contributed by atoms with E-state index in [1.165, 1.54) is 24.5 Å². The van der Waals surface area contributed by atoms with E-state index in [1.54, 1.807) is 29.8 Å². The fraction of sp³-hybridized carbons (Fsp3) is 0.318. The maximum Gasteiger partial charge on any atom is 0.284 e. The van der Waals surface area contributed by atoms with Crippen LogP contribution in [0, 0.1) is 10.1 Å². The first-order chi connectivity index (χ1) is 15.9. The van der Waals surface area contributed by atoms with Crippen molar-refractivity contribution in [1.29, 1.82) is 0 Å². The van der Waals surface area contributed by atoms with E-state index in [0.717, 1.165) is 24.6 Å². The quantitative estimate of drug-likeness (QED) is 0.315. The van der Waals surface area contributed by atoms with Crippen LogP contribution >= 0.6 is 11.8 Å². The Morgan fingerprint density at radius 1 is 1.12 bits per heavy atom. The summed E-state index contributed by atoms with van der Waals surface area (Å²) >= 11 is 1.10. The Morgan fingerprint density at radius 3 is 2.48 bits per heavy atom. The average Bonchev–Trinajstić information content (AvgIpc) is 3.21. The van der Waals surface area contributed by atoms with Crippen LogP contribution in [0.4, 0.5) is 11.4 Å². The molecule has 0 saturated carbocycles. The molecule has 3 rings (SSSR count). The molecule has 10 nitrogen and oxygen atoms in total. The Kier molecular flexibility index (Phi) is 8.25. The first-order valence-electron chi connectivity index (χ1n) is 10.4. The van der Waals surface area contributed by atoms with Gasteiger partial charge in [0.05, 0.1) is 23.0 Å². The molecule has 0 aliphatic carbocycles. The van der Waals surface area contributed by atoms with Crippen LogP contribution in [0.5, 0.6) is 11.5 Å². The number of benzene rings is 2. The minimum atomic E-state index is -0.522. The van der Waals surface area contributed by atoms with E-state index in [9.17, 15) is 14.9 Å². The number of aryl methyl sites for hydroxylation is 1. The first-order valence-corrected chi connectivity index (χ1v) is 11.3. The lowest BCUT2D eigenvalue weighted by Gasteiger charge is -2.14. The predicted molar refractivity (Wildman–Crippen MR) is 124 cm³/mol. The number of carbonyl (C=O) groups excluding carboxylic acids is 1. The number of nitro benzene ring substituents is 1. The number of amides is 1. The summed E-state index contributed by atoms with van der Waals surface area (Å²) in [6.45, 7) is 5.07. The Labute approximate surface area is 195 Å². The van der Waals surface area contributed by atoms with Crippen molar-refractivity contribution in [2.75, 3.05) is 18.5 Å². The summed E-state index contributed by atoms with van der Waals surface area (Å²) in [5, 5.41) is 22.6. The van der Waals surface area contributed by atoms with Crippen molar-refractivity contribution >= 4 is 29.0 Å². The number of hydrogen-bond acceptors (Lipinski definition) is 8. The molecule has 0 aliphatic rings. The molecule has 0 saturated heterocycles. The summed E-state index contributed by atoms with van der Waals surface area (Å²) < 4.78 is 13.1. The standard InChI is InChI=1S/C22H25N5O5S/c1-4-10-31-18-8-7-16(13-19(18)32-11-5-2)24-21(28)15-6-9-20(17(12-15)27(29)30)33-22-25-23-14-26(22)3/h6-9,12-14H,4-5,10-11H2,1-3H3,(H,24,28). The second kappa shape index (κ2) is 11.3. The van der Waals surface area contributed by atoms with Crippen LogP contribution in [0.25, 0.3) is 0 Å². The summed E-state index contributed by atoms with van der Waals surface area (Å²) in [7, 11) is 1.74. The van der Waals surface area contributed by atoms with Gasteiger partial charge in [-0.1, -0.05) is 13.8 Å². The maximum absolute atomic E-state index is 12.8. The molecule has 0 radical (unpaired) electrons. The van der Waals surface area contributed by atoms with E-state index < -0.39 is 10.8 Å². The molecule has 3 aromatic rings. The molecule has 1 N–H and O–H groups in total. The van der Waals surface area contributed by atoms with Gasteiger partial charge in [0.25, 0.3) is 11.6 Å². The van der Waals surface area contributed by atoms with Crippen molar-refractivity contribution in [3.63, 3.8) is 0 Å².